The summed E-state index contributed by atoms with van der Waals surface area (Å²) in [4.78, 5) is 13.8. The summed E-state index contributed by atoms with van der Waals surface area (Å²) in [6.07, 6.45) is -2.90. The van der Waals surface area contributed by atoms with E-state index >= 15 is 0 Å². The third-order valence-corrected chi connectivity index (χ3v) is 3.23. The number of pyridine rings is 1. The van der Waals surface area contributed by atoms with Crippen LogP contribution in [0, 0.1) is 0 Å². The van der Waals surface area contributed by atoms with Gasteiger partial charge in [0.15, 0.2) is 9.84 Å². The quantitative estimate of drug-likeness (QED) is 0.879. The molecule has 0 aliphatic rings. The van der Waals surface area contributed by atoms with E-state index in [0.717, 1.165) is 18.5 Å². The topological polar surface area (TPSA) is 93.6 Å². The summed E-state index contributed by atoms with van der Waals surface area (Å²) in [5.74, 6) is -1.40. The molecule has 1 aromatic rings. The summed E-state index contributed by atoms with van der Waals surface area (Å²) in [6, 6.07) is 0.830. The predicted octanol–water partition coefficient (Wildman–Crippen LogP) is 1.26. The van der Waals surface area contributed by atoms with E-state index in [1.807, 2.05) is 0 Å². The Bertz CT molecular complexity index is 612. The number of carbonyl (C=O) groups is 1. The molecule has 0 saturated carbocycles. The number of carboxylic acid groups (broad SMARTS) is 1. The third kappa shape index (κ3) is 4.78. The molecule has 1 N–H and O–H groups in total. The van der Waals surface area contributed by atoms with Crippen molar-refractivity contribution in [3.8, 4) is 0 Å². The van der Waals surface area contributed by atoms with Crippen molar-refractivity contribution in [3.63, 3.8) is 0 Å². The van der Waals surface area contributed by atoms with Crippen LogP contribution in [-0.2, 0) is 21.2 Å². The van der Waals surface area contributed by atoms with Crippen molar-refractivity contribution in [2.24, 2.45) is 0 Å². The lowest BCUT2D eigenvalue weighted by atomic mass is 10.2. The Hall–Kier alpha value is -1.68. The molecular weight excluding hydrogens is 303 g/mol. The van der Waals surface area contributed by atoms with Crippen molar-refractivity contribution in [2.45, 2.75) is 17.7 Å². The smallest absolute Gasteiger partial charge is 0.411 e. The standard InChI is InChI=1S/C10H10F3NO5S/c1-20(17,18)8-2-6(9(15)16)3-14-7(8)4-19-5-10(11,12)13/h2-3H,4-5H2,1H3,(H,15,16). The summed E-state index contributed by atoms with van der Waals surface area (Å²) < 4.78 is 63.0. The number of rotatable bonds is 5. The first-order chi connectivity index (χ1) is 9.00. The average Bonchev–Trinajstić information content (AvgIpc) is 2.25. The zero-order valence-corrected chi connectivity index (χ0v) is 11.0. The number of ether oxygens (including phenoxy) is 1. The summed E-state index contributed by atoms with van der Waals surface area (Å²) in [7, 11) is -3.84. The van der Waals surface area contributed by atoms with Crippen molar-refractivity contribution < 1.29 is 36.2 Å². The lowest BCUT2D eigenvalue weighted by molar-refractivity contribution is -0.177. The minimum Gasteiger partial charge on any atom is -0.478 e. The zero-order valence-electron chi connectivity index (χ0n) is 10.1. The van der Waals surface area contributed by atoms with E-state index in [1.54, 1.807) is 0 Å². The fraction of sp³-hybridized carbons (Fsp3) is 0.400. The lowest BCUT2D eigenvalue weighted by Crippen LogP contribution is -2.18. The molecule has 0 atom stereocenters. The molecule has 0 aromatic carbocycles. The first-order valence-electron chi connectivity index (χ1n) is 5.07. The fourth-order valence-corrected chi connectivity index (χ4v) is 2.16. The number of nitrogens with zero attached hydrogens (tertiary/aromatic N) is 1. The molecule has 1 rings (SSSR count). The molecular formula is C10H10F3NO5S. The van der Waals surface area contributed by atoms with Gasteiger partial charge in [-0.25, -0.2) is 13.2 Å². The highest BCUT2D eigenvalue weighted by atomic mass is 32.2. The lowest BCUT2D eigenvalue weighted by Gasteiger charge is -2.10. The molecule has 0 amide bonds. The van der Waals surface area contributed by atoms with Crippen LogP contribution in [0.1, 0.15) is 16.1 Å². The maximum Gasteiger partial charge on any atom is 0.411 e. The molecule has 1 heterocycles. The number of hydrogen-bond acceptors (Lipinski definition) is 5. The van der Waals surface area contributed by atoms with Crippen LogP contribution in [-0.4, -0.2) is 43.5 Å². The number of carboxylic acids is 1. The van der Waals surface area contributed by atoms with Gasteiger partial charge in [0, 0.05) is 12.5 Å². The Morgan fingerprint density at radius 2 is 2.05 bits per heavy atom. The van der Waals surface area contributed by atoms with Gasteiger partial charge in [-0.2, -0.15) is 13.2 Å². The van der Waals surface area contributed by atoms with Gasteiger partial charge in [0.2, 0.25) is 0 Å². The van der Waals surface area contributed by atoms with Gasteiger partial charge in [0.05, 0.1) is 22.8 Å². The van der Waals surface area contributed by atoms with Crippen molar-refractivity contribution in [3.05, 3.63) is 23.5 Å². The second-order valence-electron chi connectivity index (χ2n) is 3.85. The molecule has 0 fully saturated rings. The van der Waals surface area contributed by atoms with Gasteiger partial charge in [0.25, 0.3) is 0 Å². The summed E-state index contributed by atoms with van der Waals surface area (Å²) in [6.45, 7) is -2.25. The van der Waals surface area contributed by atoms with E-state index in [4.69, 9.17) is 5.11 Å². The maximum atomic E-state index is 11.9. The van der Waals surface area contributed by atoms with Crippen LogP contribution >= 0.6 is 0 Å². The number of aromatic nitrogens is 1. The average molecular weight is 313 g/mol. The number of alkyl halides is 3. The van der Waals surface area contributed by atoms with Crippen LogP contribution in [0.4, 0.5) is 13.2 Å². The van der Waals surface area contributed by atoms with Crippen LogP contribution in [0.5, 0.6) is 0 Å². The molecule has 0 saturated heterocycles. The SMILES string of the molecule is CS(=O)(=O)c1cc(C(=O)O)cnc1COCC(F)(F)F. The van der Waals surface area contributed by atoms with Crippen molar-refractivity contribution >= 4 is 15.8 Å². The van der Waals surface area contributed by atoms with Gasteiger partial charge < -0.3 is 9.84 Å². The number of aromatic carboxylic acids is 1. The molecule has 0 aliphatic heterocycles. The second-order valence-corrected chi connectivity index (χ2v) is 5.84. The van der Waals surface area contributed by atoms with Crippen LogP contribution in [0.2, 0.25) is 0 Å². The molecule has 6 nitrogen and oxygen atoms in total. The minimum absolute atomic E-state index is 0.276. The summed E-state index contributed by atoms with van der Waals surface area (Å²) >= 11 is 0. The first kappa shape index (κ1) is 16.4. The van der Waals surface area contributed by atoms with Crippen LogP contribution in [0.3, 0.4) is 0 Å². The van der Waals surface area contributed by atoms with Gasteiger partial charge in [-0.15, -0.1) is 0 Å². The maximum absolute atomic E-state index is 11.9. The Morgan fingerprint density at radius 1 is 1.45 bits per heavy atom. The third-order valence-electron chi connectivity index (χ3n) is 2.08. The van der Waals surface area contributed by atoms with E-state index in [2.05, 4.69) is 9.72 Å². The minimum atomic E-state index is -4.55. The van der Waals surface area contributed by atoms with Crippen LogP contribution in [0.15, 0.2) is 17.2 Å². The molecule has 20 heavy (non-hydrogen) atoms. The highest BCUT2D eigenvalue weighted by Crippen LogP contribution is 2.19. The molecule has 0 radical (unpaired) electrons. The second kappa shape index (κ2) is 5.75. The fourth-order valence-electron chi connectivity index (χ4n) is 1.28. The predicted molar refractivity (Wildman–Crippen MR) is 60.0 cm³/mol. The largest absolute Gasteiger partial charge is 0.478 e. The first-order valence-corrected chi connectivity index (χ1v) is 6.96. The van der Waals surface area contributed by atoms with Gasteiger partial charge in [-0.3, -0.25) is 4.98 Å². The van der Waals surface area contributed by atoms with Crippen molar-refractivity contribution in [1.29, 1.82) is 0 Å². The highest BCUT2D eigenvalue weighted by molar-refractivity contribution is 7.90. The molecule has 0 unspecified atom stereocenters. The van der Waals surface area contributed by atoms with E-state index in [1.165, 1.54) is 0 Å². The van der Waals surface area contributed by atoms with Crippen LogP contribution < -0.4 is 0 Å². The van der Waals surface area contributed by atoms with E-state index in [-0.39, 0.29) is 11.3 Å². The molecule has 0 aliphatic carbocycles. The van der Waals surface area contributed by atoms with E-state index in [9.17, 15) is 26.4 Å². The van der Waals surface area contributed by atoms with E-state index < -0.39 is 40.1 Å². The van der Waals surface area contributed by atoms with Gasteiger partial charge in [0.1, 0.15) is 6.61 Å². The van der Waals surface area contributed by atoms with Gasteiger partial charge in [-0.05, 0) is 6.07 Å². The number of hydrogen-bond donors (Lipinski definition) is 1. The molecule has 1 aromatic heterocycles. The monoisotopic (exact) mass is 313 g/mol. The Morgan fingerprint density at radius 3 is 2.50 bits per heavy atom. The molecule has 10 heteroatoms. The van der Waals surface area contributed by atoms with E-state index in [0.29, 0.717) is 0 Å². The normalized spacial score (nSPS) is 12.4. The molecule has 112 valence electrons. The zero-order chi connectivity index (χ0) is 15.6. The number of halogens is 3. The summed E-state index contributed by atoms with van der Waals surface area (Å²) in [5.41, 5.74) is -0.660. The Balaban J connectivity index is 3.04. The Kier molecular flexibility index (Phi) is 4.71. The van der Waals surface area contributed by atoms with Gasteiger partial charge >= 0.3 is 12.1 Å². The molecule has 0 bridgehead atoms. The number of sulfone groups is 1. The van der Waals surface area contributed by atoms with Gasteiger partial charge in [-0.1, -0.05) is 0 Å². The van der Waals surface area contributed by atoms with Crippen molar-refractivity contribution in [2.75, 3.05) is 12.9 Å². The molecule has 0 spiro atoms. The van der Waals surface area contributed by atoms with Crippen LogP contribution in [0.25, 0.3) is 0 Å². The van der Waals surface area contributed by atoms with Crippen molar-refractivity contribution in [1.82, 2.24) is 4.98 Å². The Labute approximate surface area is 112 Å². The highest BCUT2D eigenvalue weighted by Gasteiger charge is 2.28. The summed E-state index contributed by atoms with van der Waals surface area (Å²) in [5, 5.41) is 8.73.